The molecule has 0 atom stereocenters. The van der Waals surface area contributed by atoms with Gasteiger partial charge in [0.1, 0.15) is 4.83 Å². The van der Waals surface area contributed by atoms with Crippen molar-refractivity contribution >= 4 is 27.5 Å². The van der Waals surface area contributed by atoms with E-state index < -0.39 is 17.2 Å². The Balaban J connectivity index is 2.22. The maximum atomic E-state index is 12.8. The fourth-order valence-corrected chi connectivity index (χ4v) is 4.18. The van der Waals surface area contributed by atoms with Crippen molar-refractivity contribution in [2.75, 3.05) is 6.61 Å². The topological polar surface area (TPSA) is 107 Å². The molecule has 0 saturated carbocycles. The van der Waals surface area contributed by atoms with E-state index in [2.05, 4.69) is 0 Å². The minimum Gasteiger partial charge on any atom is -0.395 e. The van der Waals surface area contributed by atoms with E-state index in [1.54, 1.807) is 6.92 Å². The molecule has 0 bridgehead atoms. The van der Waals surface area contributed by atoms with Crippen LogP contribution in [0.3, 0.4) is 0 Å². The third-order valence-electron chi connectivity index (χ3n) is 4.31. The number of aliphatic hydroxyl groups is 1. The molecule has 136 valence electrons. The van der Waals surface area contributed by atoms with Gasteiger partial charge in [0.05, 0.1) is 23.4 Å². The minimum absolute atomic E-state index is 0.0971. The van der Waals surface area contributed by atoms with Gasteiger partial charge in [0, 0.05) is 6.54 Å². The molecule has 1 aromatic carbocycles. The molecule has 3 aromatic rings. The number of aryl methyl sites for hydroxylation is 3. The first-order valence-corrected chi connectivity index (χ1v) is 8.98. The highest BCUT2D eigenvalue weighted by Crippen LogP contribution is 2.27. The normalized spacial score (nSPS) is 11.2. The molecule has 3 rings (SSSR count). The van der Waals surface area contributed by atoms with E-state index in [0.29, 0.717) is 28.7 Å². The van der Waals surface area contributed by atoms with Crippen molar-refractivity contribution in [2.45, 2.75) is 26.4 Å². The monoisotopic (exact) mass is 373 g/mol. The summed E-state index contributed by atoms with van der Waals surface area (Å²) >= 11 is 1.06. The van der Waals surface area contributed by atoms with Crippen molar-refractivity contribution in [1.82, 2.24) is 9.13 Å². The molecule has 8 heteroatoms. The highest BCUT2D eigenvalue weighted by atomic mass is 32.1. The predicted molar refractivity (Wildman–Crippen MR) is 101 cm³/mol. The van der Waals surface area contributed by atoms with Crippen LogP contribution >= 0.6 is 11.3 Å². The van der Waals surface area contributed by atoms with Gasteiger partial charge in [0.2, 0.25) is 0 Å². The zero-order chi connectivity index (χ0) is 18.8. The molecule has 0 saturated heterocycles. The fraction of sp³-hybridized carbons (Fsp3) is 0.278. The number of amides is 1. The van der Waals surface area contributed by atoms with Crippen molar-refractivity contribution in [2.24, 2.45) is 5.73 Å². The second-order valence-corrected chi connectivity index (χ2v) is 6.95. The lowest BCUT2D eigenvalue weighted by Gasteiger charge is -2.11. The molecule has 1 amide bonds. The van der Waals surface area contributed by atoms with Gasteiger partial charge in [-0.3, -0.25) is 18.7 Å². The molecular weight excluding hydrogens is 354 g/mol. The highest BCUT2D eigenvalue weighted by molar-refractivity contribution is 7.20. The molecule has 7 nitrogen and oxygen atoms in total. The van der Waals surface area contributed by atoms with Gasteiger partial charge < -0.3 is 10.8 Å². The Hall–Kier alpha value is -2.71. The zero-order valence-corrected chi connectivity index (χ0v) is 15.1. The molecular formula is C18H19N3O4S. The number of nitrogens with two attached hydrogens (primary N) is 1. The van der Waals surface area contributed by atoms with E-state index in [9.17, 15) is 19.5 Å². The van der Waals surface area contributed by atoms with E-state index in [4.69, 9.17) is 5.73 Å². The van der Waals surface area contributed by atoms with E-state index in [1.165, 1.54) is 4.57 Å². The summed E-state index contributed by atoms with van der Waals surface area (Å²) in [6.07, 6.45) is 0.593. The van der Waals surface area contributed by atoms with Crippen LogP contribution in [-0.4, -0.2) is 26.8 Å². The molecule has 0 unspecified atom stereocenters. The van der Waals surface area contributed by atoms with Crippen LogP contribution in [0.1, 0.15) is 20.8 Å². The van der Waals surface area contributed by atoms with Crippen LogP contribution in [-0.2, 0) is 19.5 Å². The lowest BCUT2D eigenvalue weighted by molar-refractivity contribution is 0.100. The summed E-state index contributed by atoms with van der Waals surface area (Å²) in [4.78, 5) is 37.9. The number of aromatic nitrogens is 2. The molecule has 3 N–H and O–H groups in total. The van der Waals surface area contributed by atoms with Gasteiger partial charge in [0.25, 0.3) is 11.5 Å². The molecule has 0 fully saturated rings. The lowest BCUT2D eigenvalue weighted by Crippen LogP contribution is -2.40. The summed E-state index contributed by atoms with van der Waals surface area (Å²) in [6, 6.07) is 9.67. The Labute approximate surface area is 152 Å². The Morgan fingerprint density at radius 2 is 1.85 bits per heavy atom. The highest BCUT2D eigenvalue weighted by Gasteiger charge is 2.21. The molecule has 0 radical (unpaired) electrons. The number of nitrogens with zero attached hydrogens (tertiary/aromatic N) is 2. The van der Waals surface area contributed by atoms with Crippen LogP contribution in [0, 0.1) is 6.92 Å². The largest absolute Gasteiger partial charge is 0.395 e. The molecule has 0 aliphatic carbocycles. The minimum atomic E-state index is -0.626. The number of rotatable bonds is 6. The second kappa shape index (κ2) is 7.27. The average molecular weight is 373 g/mol. The molecule has 0 aliphatic heterocycles. The van der Waals surface area contributed by atoms with Gasteiger partial charge in [-0.05, 0) is 24.5 Å². The van der Waals surface area contributed by atoms with Gasteiger partial charge >= 0.3 is 5.69 Å². The second-order valence-electron chi connectivity index (χ2n) is 5.95. The number of carbonyl (C=O) groups excluding carboxylic acids is 1. The van der Waals surface area contributed by atoms with Crippen molar-refractivity contribution in [3.8, 4) is 0 Å². The fourth-order valence-electron chi connectivity index (χ4n) is 3.01. The van der Waals surface area contributed by atoms with E-state index in [1.807, 2.05) is 30.3 Å². The standard InChI is InChI=1S/C18H19N3O4S/c1-11-13-16(24)20(9-10-22)18(25)21(17(13)26-14(11)15(19)23)8-7-12-5-3-2-4-6-12/h2-6,22H,7-10H2,1H3,(H2,19,23). The maximum Gasteiger partial charge on any atom is 0.332 e. The van der Waals surface area contributed by atoms with Crippen LogP contribution in [0.2, 0.25) is 0 Å². The molecule has 26 heavy (non-hydrogen) atoms. The van der Waals surface area contributed by atoms with Crippen LogP contribution in [0.5, 0.6) is 0 Å². The number of thiophene rings is 1. The predicted octanol–water partition coefficient (Wildman–Crippen LogP) is 0.867. The summed E-state index contributed by atoms with van der Waals surface area (Å²) in [5, 5.41) is 9.53. The summed E-state index contributed by atoms with van der Waals surface area (Å²) in [5.41, 5.74) is 5.94. The summed E-state index contributed by atoms with van der Waals surface area (Å²) in [6.45, 7) is 1.57. The van der Waals surface area contributed by atoms with Crippen molar-refractivity contribution in [1.29, 1.82) is 0 Å². The van der Waals surface area contributed by atoms with Crippen molar-refractivity contribution < 1.29 is 9.90 Å². The van der Waals surface area contributed by atoms with Crippen LogP contribution in [0.4, 0.5) is 0 Å². The Morgan fingerprint density at radius 1 is 1.15 bits per heavy atom. The number of fused-ring (bicyclic) bond motifs is 1. The van der Waals surface area contributed by atoms with E-state index in [0.717, 1.165) is 21.5 Å². The Bertz CT molecular complexity index is 1080. The van der Waals surface area contributed by atoms with Crippen LogP contribution < -0.4 is 17.0 Å². The van der Waals surface area contributed by atoms with Gasteiger partial charge in [-0.2, -0.15) is 0 Å². The first-order chi connectivity index (χ1) is 12.5. The van der Waals surface area contributed by atoms with Gasteiger partial charge in [-0.15, -0.1) is 11.3 Å². The number of carbonyl (C=O) groups is 1. The number of hydrogen-bond acceptors (Lipinski definition) is 5. The number of primary amides is 1. The third-order valence-corrected chi connectivity index (χ3v) is 5.64. The summed E-state index contributed by atoms with van der Waals surface area (Å²) in [5.74, 6) is -0.626. The van der Waals surface area contributed by atoms with Gasteiger partial charge in [-0.25, -0.2) is 4.79 Å². The van der Waals surface area contributed by atoms with Gasteiger partial charge in [0.15, 0.2) is 0 Å². The Morgan fingerprint density at radius 3 is 2.46 bits per heavy atom. The average Bonchev–Trinajstić information content (AvgIpc) is 2.97. The molecule has 2 aromatic heterocycles. The Kier molecular flexibility index (Phi) is 5.06. The third kappa shape index (κ3) is 3.09. The first-order valence-electron chi connectivity index (χ1n) is 8.17. The quantitative estimate of drug-likeness (QED) is 0.668. The molecule has 0 aliphatic rings. The van der Waals surface area contributed by atoms with Crippen molar-refractivity contribution in [3.63, 3.8) is 0 Å². The lowest BCUT2D eigenvalue weighted by atomic mass is 10.1. The van der Waals surface area contributed by atoms with Crippen molar-refractivity contribution in [3.05, 3.63) is 67.2 Å². The first kappa shape index (κ1) is 18.1. The molecule has 0 spiro atoms. The van der Waals surface area contributed by atoms with Crippen LogP contribution in [0.15, 0.2) is 39.9 Å². The van der Waals surface area contributed by atoms with Gasteiger partial charge in [-0.1, -0.05) is 30.3 Å². The zero-order valence-electron chi connectivity index (χ0n) is 14.3. The van der Waals surface area contributed by atoms with E-state index >= 15 is 0 Å². The maximum absolute atomic E-state index is 12.8. The number of aliphatic hydroxyl groups excluding tert-OH is 1. The van der Waals surface area contributed by atoms with Crippen LogP contribution in [0.25, 0.3) is 10.2 Å². The molecule has 2 heterocycles. The smallest absolute Gasteiger partial charge is 0.332 e. The summed E-state index contributed by atoms with van der Waals surface area (Å²) < 4.78 is 2.50. The SMILES string of the molecule is Cc1c(C(N)=O)sc2c1c(=O)n(CCO)c(=O)n2CCc1ccccc1. The number of benzene rings is 1. The summed E-state index contributed by atoms with van der Waals surface area (Å²) in [7, 11) is 0. The number of hydrogen-bond donors (Lipinski definition) is 2. The van der Waals surface area contributed by atoms with E-state index in [-0.39, 0.29) is 18.0 Å².